The molecule has 7 heteroatoms. The highest BCUT2D eigenvalue weighted by molar-refractivity contribution is 7.78. The molecule has 18 heavy (non-hydrogen) atoms. The minimum Gasteiger partial charge on any atom is -0.459 e. The van der Waals surface area contributed by atoms with Gasteiger partial charge in [0.05, 0.1) is 12.8 Å². The highest BCUT2D eigenvalue weighted by atomic mass is 32.1. The Hall–Kier alpha value is -1.89. The summed E-state index contributed by atoms with van der Waals surface area (Å²) in [5.74, 6) is -0.530. The minimum atomic E-state index is -0.629. The van der Waals surface area contributed by atoms with E-state index in [1.54, 1.807) is 17.0 Å². The maximum absolute atomic E-state index is 12.0. The van der Waals surface area contributed by atoms with Crippen molar-refractivity contribution in [2.45, 2.75) is 6.04 Å². The van der Waals surface area contributed by atoms with Gasteiger partial charge < -0.3 is 20.0 Å². The first-order valence-corrected chi connectivity index (χ1v) is 5.81. The average Bonchev–Trinajstić information content (AvgIpc) is 2.90. The summed E-state index contributed by atoms with van der Waals surface area (Å²) < 4.78 is 5.04. The third-order valence-electron chi connectivity index (χ3n) is 2.85. The summed E-state index contributed by atoms with van der Waals surface area (Å²) in [7, 11) is 0. The van der Waals surface area contributed by atoms with Crippen molar-refractivity contribution in [3.63, 3.8) is 0 Å². The second-order valence-electron chi connectivity index (χ2n) is 3.93. The summed E-state index contributed by atoms with van der Waals surface area (Å²) in [5, 5.41) is 0. The molecule has 1 aliphatic rings. The van der Waals surface area contributed by atoms with Crippen LogP contribution in [-0.4, -0.2) is 52.8 Å². The molecule has 1 atom stereocenters. The van der Waals surface area contributed by atoms with Gasteiger partial charge in [-0.15, -0.1) is 0 Å². The topological polar surface area (TPSA) is 79.8 Å². The molecule has 0 aliphatic carbocycles. The molecule has 1 radical (unpaired) electrons. The fourth-order valence-corrected chi connectivity index (χ4v) is 2.09. The van der Waals surface area contributed by atoms with Crippen LogP contribution in [0.25, 0.3) is 0 Å². The lowest BCUT2D eigenvalue weighted by Crippen LogP contribution is -2.58. The quantitative estimate of drug-likeness (QED) is 0.762. The van der Waals surface area contributed by atoms with Gasteiger partial charge in [-0.1, -0.05) is 12.2 Å². The Morgan fingerprint density at radius 3 is 2.83 bits per heavy atom. The van der Waals surface area contributed by atoms with E-state index < -0.39 is 11.9 Å². The molecule has 1 fully saturated rings. The molecule has 2 N–H and O–H groups in total. The zero-order valence-electron chi connectivity index (χ0n) is 9.54. The number of thiocarbonyl (C=S) groups is 1. The van der Waals surface area contributed by atoms with Gasteiger partial charge in [-0.3, -0.25) is 9.59 Å². The molecule has 1 aliphatic heterocycles. The number of carbonyl (C=O) groups is 2. The predicted octanol–water partition coefficient (Wildman–Crippen LogP) is -0.275. The van der Waals surface area contributed by atoms with Crippen molar-refractivity contribution in [1.82, 2.24) is 9.80 Å². The summed E-state index contributed by atoms with van der Waals surface area (Å²) in [5.41, 5.74) is 7.77. The maximum atomic E-state index is 12.0. The van der Waals surface area contributed by atoms with Crippen LogP contribution in [0.4, 0.5) is 0 Å². The standard InChI is InChI=1S/C11H12N3O3S/c12-10(15)8-6-13(3-4-14(8)7-18)11(16)9-2-1-5-17-9/h1-2,5,8H,3-4,6H2,(H2,12,15). The van der Waals surface area contributed by atoms with Crippen molar-refractivity contribution >= 4 is 29.5 Å². The molecule has 0 bridgehead atoms. The number of nitrogens with two attached hydrogens (primary N) is 1. The molecule has 0 aromatic carbocycles. The Bertz CT molecular complexity index is 460. The van der Waals surface area contributed by atoms with Gasteiger partial charge in [0.2, 0.25) is 5.91 Å². The summed E-state index contributed by atoms with van der Waals surface area (Å²) in [6, 6.07) is 2.59. The van der Waals surface area contributed by atoms with E-state index in [1.807, 2.05) is 0 Å². The van der Waals surface area contributed by atoms with Crippen LogP contribution < -0.4 is 5.73 Å². The zero-order chi connectivity index (χ0) is 13.1. The van der Waals surface area contributed by atoms with Gasteiger partial charge >= 0.3 is 0 Å². The van der Waals surface area contributed by atoms with E-state index in [0.717, 1.165) is 0 Å². The number of carbonyl (C=O) groups excluding carboxylic acids is 2. The van der Waals surface area contributed by atoms with Crippen molar-refractivity contribution in [2.75, 3.05) is 19.6 Å². The molecule has 1 saturated heterocycles. The number of furan rings is 1. The molecule has 2 heterocycles. The monoisotopic (exact) mass is 266 g/mol. The van der Waals surface area contributed by atoms with E-state index >= 15 is 0 Å². The molecular formula is C11H12N3O3S. The van der Waals surface area contributed by atoms with Crippen molar-refractivity contribution in [2.24, 2.45) is 5.73 Å². The number of piperazine rings is 1. The largest absolute Gasteiger partial charge is 0.459 e. The number of hydrogen-bond acceptors (Lipinski definition) is 4. The molecule has 95 valence electrons. The highest BCUT2D eigenvalue weighted by Crippen LogP contribution is 2.12. The Labute approximate surface area is 109 Å². The summed E-state index contributed by atoms with van der Waals surface area (Å²) in [4.78, 5) is 26.4. The number of hydrogen-bond donors (Lipinski definition) is 1. The Balaban J connectivity index is 2.11. The smallest absolute Gasteiger partial charge is 0.289 e. The summed E-state index contributed by atoms with van der Waals surface area (Å²) in [6.07, 6.45) is 1.43. The van der Waals surface area contributed by atoms with Crippen molar-refractivity contribution < 1.29 is 14.0 Å². The van der Waals surface area contributed by atoms with Crippen LogP contribution in [0.1, 0.15) is 10.6 Å². The first kappa shape index (κ1) is 12.6. The van der Waals surface area contributed by atoms with Crippen LogP contribution in [0, 0.1) is 0 Å². The van der Waals surface area contributed by atoms with Crippen LogP contribution in [-0.2, 0) is 4.79 Å². The van der Waals surface area contributed by atoms with E-state index in [1.165, 1.54) is 11.2 Å². The average molecular weight is 266 g/mol. The van der Waals surface area contributed by atoms with Crippen LogP contribution in [0.2, 0.25) is 0 Å². The Morgan fingerprint density at radius 1 is 1.50 bits per heavy atom. The van der Waals surface area contributed by atoms with E-state index in [2.05, 4.69) is 5.49 Å². The van der Waals surface area contributed by atoms with E-state index in [9.17, 15) is 9.59 Å². The fourth-order valence-electron chi connectivity index (χ4n) is 1.88. The lowest BCUT2D eigenvalue weighted by molar-refractivity contribution is -0.123. The van der Waals surface area contributed by atoms with Crippen LogP contribution in [0.5, 0.6) is 0 Å². The molecule has 1 unspecified atom stereocenters. The number of amides is 2. The van der Waals surface area contributed by atoms with Crippen LogP contribution in [0.3, 0.4) is 0 Å². The third kappa shape index (κ3) is 2.35. The van der Waals surface area contributed by atoms with Gasteiger partial charge in [0.1, 0.15) is 11.5 Å². The Morgan fingerprint density at radius 2 is 2.28 bits per heavy atom. The lowest BCUT2D eigenvalue weighted by atomic mass is 10.1. The number of nitrogens with zero attached hydrogens (tertiary/aromatic N) is 2. The number of rotatable bonds is 3. The van der Waals surface area contributed by atoms with E-state index in [0.29, 0.717) is 13.1 Å². The van der Waals surface area contributed by atoms with Gasteiger partial charge in [0.25, 0.3) is 5.91 Å². The molecule has 1 aromatic rings. The van der Waals surface area contributed by atoms with E-state index in [-0.39, 0.29) is 18.2 Å². The summed E-state index contributed by atoms with van der Waals surface area (Å²) >= 11 is 4.70. The van der Waals surface area contributed by atoms with Crippen molar-refractivity contribution in [3.05, 3.63) is 24.2 Å². The van der Waals surface area contributed by atoms with Gasteiger partial charge in [-0.2, -0.15) is 0 Å². The SMILES string of the molecule is NC(=O)C1CN(C(=O)c2ccco2)CCN1[C]=S. The van der Waals surface area contributed by atoms with Crippen molar-refractivity contribution in [1.29, 1.82) is 0 Å². The predicted molar refractivity (Wildman–Crippen MR) is 66.9 cm³/mol. The van der Waals surface area contributed by atoms with Crippen molar-refractivity contribution in [3.8, 4) is 0 Å². The molecule has 0 saturated carbocycles. The second-order valence-corrected chi connectivity index (χ2v) is 4.11. The summed E-state index contributed by atoms with van der Waals surface area (Å²) in [6.45, 7) is 1.08. The maximum Gasteiger partial charge on any atom is 0.289 e. The first-order valence-electron chi connectivity index (χ1n) is 5.40. The van der Waals surface area contributed by atoms with Gasteiger partial charge in [-0.05, 0) is 12.1 Å². The number of primary amides is 1. The van der Waals surface area contributed by atoms with Crippen LogP contribution >= 0.6 is 12.2 Å². The van der Waals surface area contributed by atoms with Gasteiger partial charge in [-0.25, -0.2) is 0 Å². The Kier molecular flexibility index (Phi) is 3.61. The van der Waals surface area contributed by atoms with Gasteiger partial charge in [0, 0.05) is 13.1 Å². The molecule has 6 nitrogen and oxygen atoms in total. The molecule has 1 aromatic heterocycles. The molecule has 2 amide bonds. The second kappa shape index (κ2) is 5.18. The minimum absolute atomic E-state index is 0.193. The molecule has 2 rings (SSSR count). The fraction of sp³-hybridized carbons (Fsp3) is 0.364. The van der Waals surface area contributed by atoms with Gasteiger partial charge in [0.15, 0.2) is 5.76 Å². The molecule has 0 spiro atoms. The van der Waals surface area contributed by atoms with Crippen LogP contribution in [0.15, 0.2) is 22.8 Å². The molecular weight excluding hydrogens is 254 g/mol. The van der Waals surface area contributed by atoms with E-state index in [4.69, 9.17) is 22.4 Å². The third-order valence-corrected chi connectivity index (χ3v) is 3.08. The highest BCUT2D eigenvalue weighted by Gasteiger charge is 2.32. The first-order chi connectivity index (χ1) is 8.63. The lowest BCUT2D eigenvalue weighted by Gasteiger charge is -2.37. The normalized spacial score (nSPS) is 19.7. The zero-order valence-corrected chi connectivity index (χ0v) is 10.4.